The Morgan fingerprint density at radius 3 is 2.22 bits per heavy atom. The summed E-state index contributed by atoms with van der Waals surface area (Å²) >= 11 is 0. The average molecular weight is 265 g/mol. The van der Waals surface area contributed by atoms with Gasteiger partial charge in [-0.1, -0.05) is 0 Å². The molecule has 2 N–H and O–H groups in total. The minimum absolute atomic E-state index is 0.0666. The van der Waals surface area contributed by atoms with Gasteiger partial charge < -0.3 is 9.47 Å². The van der Waals surface area contributed by atoms with Gasteiger partial charge in [0.05, 0.1) is 0 Å². The molecule has 1 aromatic carbocycles. The molecular weight excluding hydrogens is 254 g/mol. The summed E-state index contributed by atoms with van der Waals surface area (Å²) in [5.74, 6) is -0.00206. The molecule has 0 bridgehead atoms. The highest BCUT2D eigenvalue weighted by molar-refractivity contribution is 5.31. The Kier molecular flexibility index (Phi) is 4.96. The molecule has 7 heteroatoms. The van der Waals surface area contributed by atoms with E-state index in [1.54, 1.807) is 0 Å². The zero-order chi connectivity index (χ0) is 13.6. The van der Waals surface area contributed by atoms with Crippen LogP contribution in [0.1, 0.15) is 0 Å². The maximum Gasteiger partial charge on any atom is 0.573 e. The molecule has 1 atom stereocenters. The molecule has 1 aromatic rings. The van der Waals surface area contributed by atoms with Crippen LogP contribution in [0.5, 0.6) is 11.5 Å². The second-order valence-corrected chi connectivity index (χ2v) is 3.20. The lowest BCUT2D eigenvalue weighted by atomic mass is 10.3. The minimum atomic E-state index is -4.72. The van der Waals surface area contributed by atoms with Gasteiger partial charge >= 0.3 is 6.36 Å². The SMILES string of the molecule is NC(F)C=CCOc1ccc(OC(F)(F)F)cc1. The molecule has 0 heterocycles. The van der Waals surface area contributed by atoms with Crippen LogP contribution in [0, 0.1) is 0 Å². The Labute approximate surface area is 101 Å². The van der Waals surface area contributed by atoms with Crippen molar-refractivity contribution in [3.05, 3.63) is 36.4 Å². The highest BCUT2D eigenvalue weighted by Crippen LogP contribution is 2.24. The number of ether oxygens (including phenoxy) is 2. The van der Waals surface area contributed by atoms with Crippen molar-refractivity contribution in [2.45, 2.75) is 12.7 Å². The van der Waals surface area contributed by atoms with Crippen LogP contribution in [0.2, 0.25) is 0 Å². The first-order valence-electron chi connectivity index (χ1n) is 4.92. The van der Waals surface area contributed by atoms with Crippen LogP contribution in [0.4, 0.5) is 17.6 Å². The van der Waals surface area contributed by atoms with E-state index in [-0.39, 0.29) is 12.4 Å². The molecule has 0 aliphatic carbocycles. The first-order valence-corrected chi connectivity index (χ1v) is 4.92. The van der Waals surface area contributed by atoms with Gasteiger partial charge in [-0.05, 0) is 36.4 Å². The standard InChI is InChI=1S/C11H11F4NO2/c12-10(16)2-1-7-17-8-3-5-9(6-4-8)18-11(13,14)15/h1-6,10H,7,16H2. The van der Waals surface area contributed by atoms with E-state index < -0.39 is 12.7 Å². The molecule has 0 fully saturated rings. The van der Waals surface area contributed by atoms with Gasteiger partial charge in [0.25, 0.3) is 0 Å². The third-order valence-electron chi connectivity index (χ3n) is 1.72. The number of nitrogens with two attached hydrogens (primary N) is 1. The van der Waals surface area contributed by atoms with Gasteiger partial charge in [0.2, 0.25) is 0 Å². The highest BCUT2D eigenvalue weighted by Gasteiger charge is 2.30. The third-order valence-corrected chi connectivity index (χ3v) is 1.72. The van der Waals surface area contributed by atoms with E-state index in [4.69, 9.17) is 10.5 Å². The lowest BCUT2D eigenvalue weighted by Gasteiger charge is -2.09. The van der Waals surface area contributed by atoms with Gasteiger partial charge in [-0.3, -0.25) is 5.73 Å². The van der Waals surface area contributed by atoms with Gasteiger partial charge in [-0.2, -0.15) is 0 Å². The smallest absolute Gasteiger partial charge is 0.490 e. The van der Waals surface area contributed by atoms with E-state index in [9.17, 15) is 17.6 Å². The summed E-state index contributed by atoms with van der Waals surface area (Å²) in [6.45, 7) is 0.0666. The Morgan fingerprint density at radius 2 is 1.72 bits per heavy atom. The quantitative estimate of drug-likeness (QED) is 0.506. The maximum atomic E-state index is 12.2. The van der Waals surface area contributed by atoms with Crippen LogP contribution in [-0.2, 0) is 0 Å². The van der Waals surface area contributed by atoms with Crippen LogP contribution in [-0.4, -0.2) is 19.3 Å². The molecule has 0 aliphatic heterocycles. The molecule has 18 heavy (non-hydrogen) atoms. The normalized spacial score (nSPS) is 13.6. The van der Waals surface area contributed by atoms with E-state index >= 15 is 0 Å². The first-order chi connectivity index (χ1) is 8.37. The molecule has 0 aromatic heterocycles. The summed E-state index contributed by atoms with van der Waals surface area (Å²) in [7, 11) is 0. The van der Waals surface area contributed by atoms with Crippen LogP contribution in [0.3, 0.4) is 0 Å². The largest absolute Gasteiger partial charge is 0.573 e. The Bertz CT molecular complexity index is 387. The zero-order valence-electron chi connectivity index (χ0n) is 9.15. The van der Waals surface area contributed by atoms with E-state index in [0.717, 1.165) is 18.2 Å². The number of hydrogen-bond donors (Lipinski definition) is 1. The van der Waals surface area contributed by atoms with Gasteiger partial charge in [-0.15, -0.1) is 13.2 Å². The van der Waals surface area contributed by atoms with E-state index in [1.165, 1.54) is 18.2 Å². The molecule has 100 valence electrons. The summed E-state index contributed by atoms with van der Waals surface area (Å²) in [6, 6.07) is 4.86. The van der Waals surface area contributed by atoms with Crippen molar-refractivity contribution in [1.29, 1.82) is 0 Å². The fourth-order valence-electron chi connectivity index (χ4n) is 1.07. The molecule has 3 nitrogen and oxygen atoms in total. The van der Waals surface area contributed by atoms with Gasteiger partial charge in [0.1, 0.15) is 18.1 Å². The molecule has 0 spiro atoms. The van der Waals surface area contributed by atoms with Crippen molar-refractivity contribution < 1.29 is 27.0 Å². The molecule has 0 saturated carbocycles. The number of halogens is 4. The first kappa shape index (κ1) is 14.3. The van der Waals surface area contributed by atoms with Gasteiger partial charge in [0, 0.05) is 0 Å². The van der Waals surface area contributed by atoms with Crippen LogP contribution in [0.15, 0.2) is 36.4 Å². The second-order valence-electron chi connectivity index (χ2n) is 3.20. The number of hydrogen-bond acceptors (Lipinski definition) is 3. The van der Waals surface area contributed by atoms with E-state index in [2.05, 4.69) is 4.74 Å². The Hall–Kier alpha value is -1.76. The maximum absolute atomic E-state index is 12.2. The summed E-state index contributed by atoms with van der Waals surface area (Å²) in [5.41, 5.74) is 4.82. The van der Waals surface area contributed by atoms with Crippen molar-refractivity contribution in [1.82, 2.24) is 0 Å². The van der Waals surface area contributed by atoms with Crippen LogP contribution >= 0.6 is 0 Å². The predicted octanol–water partition coefficient (Wildman–Crippen LogP) is 2.77. The minimum Gasteiger partial charge on any atom is -0.490 e. The molecule has 0 amide bonds. The number of alkyl halides is 4. The fourth-order valence-corrected chi connectivity index (χ4v) is 1.07. The van der Waals surface area contributed by atoms with E-state index in [1.807, 2.05) is 0 Å². The highest BCUT2D eigenvalue weighted by atomic mass is 19.4. The Balaban J connectivity index is 2.46. The second kappa shape index (κ2) is 6.25. The topological polar surface area (TPSA) is 44.5 Å². The molecule has 1 unspecified atom stereocenters. The molecule has 0 saturated heterocycles. The van der Waals surface area contributed by atoms with Crippen molar-refractivity contribution in [2.75, 3.05) is 6.61 Å². The zero-order valence-corrected chi connectivity index (χ0v) is 9.15. The summed E-state index contributed by atoms with van der Waals surface area (Å²) in [4.78, 5) is 0. The third kappa shape index (κ3) is 6.09. The van der Waals surface area contributed by atoms with Crippen molar-refractivity contribution >= 4 is 0 Å². The van der Waals surface area contributed by atoms with Crippen LogP contribution < -0.4 is 15.2 Å². The van der Waals surface area contributed by atoms with Crippen LogP contribution in [0.25, 0.3) is 0 Å². The van der Waals surface area contributed by atoms with Crippen molar-refractivity contribution in [2.24, 2.45) is 5.73 Å². The Morgan fingerprint density at radius 1 is 1.17 bits per heavy atom. The van der Waals surface area contributed by atoms with Crippen molar-refractivity contribution in [3.8, 4) is 11.5 Å². The molecule has 0 aliphatic rings. The molecule has 0 radical (unpaired) electrons. The monoisotopic (exact) mass is 265 g/mol. The average Bonchev–Trinajstić information content (AvgIpc) is 2.24. The molecular formula is C11H11F4NO2. The number of benzene rings is 1. The van der Waals surface area contributed by atoms with Crippen molar-refractivity contribution in [3.63, 3.8) is 0 Å². The predicted molar refractivity (Wildman–Crippen MR) is 56.8 cm³/mol. The summed E-state index contributed by atoms with van der Waals surface area (Å²) in [5, 5.41) is 0. The summed E-state index contributed by atoms with van der Waals surface area (Å²) in [6.07, 6.45) is -3.81. The lowest BCUT2D eigenvalue weighted by Crippen LogP contribution is -2.16. The summed E-state index contributed by atoms with van der Waals surface area (Å²) < 4.78 is 56.5. The lowest BCUT2D eigenvalue weighted by molar-refractivity contribution is -0.274. The number of rotatable bonds is 5. The van der Waals surface area contributed by atoms with Gasteiger partial charge in [-0.25, -0.2) is 4.39 Å². The molecule has 1 rings (SSSR count). The fraction of sp³-hybridized carbons (Fsp3) is 0.273. The van der Waals surface area contributed by atoms with Gasteiger partial charge in [0.15, 0.2) is 6.30 Å². The van der Waals surface area contributed by atoms with E-state index in [0.29, 0.717) is 5.75 Å².